The molecule has 0 aromatic rings. The maximum absolute atomic E-state index is 13.5. The summed E-state index contributed by atoms with van der Waals surface area (Å²) in [7, 11) is 0. The molecule has 0 aromatic heterocycles. The van der Waals surface area contributed by atoms with Crippen molar-refractivity contribution in [1.29, 1.82) is 0 Å². The van der Waals surface area contributed by atoms with Gasteiger partial charge in [0.1, 0.15) is 0 Å². The van der Waals surface area contributed by atoms with Crippen LogP contribution in [0, 0.1) is 5.41 Å². The molecule has 1 aliphatic carbocycles. The lowest BCUT2D eigenvalue weighted by molar-refractivity contribution is 0.0616. The zero-order valence-electron chi connectivity index (χ0n) is 9.85. The average Bonchev–Trinajstić information content (AvgIpc) is 2.94. The van der Waals surface area contributed by atoms with Gasteiger partial charge in [0, 0.05) is 6.54 Å². The molecule has 0 aromatic carbocycles. The number of rotatable bonds is 7. The van der Waals surface area contributed by atoms with Crippen LogP contribution in [0.25, 0.3) is 0 Å². The fourth-order valence-corrected chi connectivity index (χ4v) is 2.29. The molecular formula is C12H24FN. The molecule has 1 atom stereocenters. The van der Waals surface area contributed by atoms with Gasteiger partial charge in [0.2, 0.25) is 0 Å². The van der Waals surface area contributed by atoms with Gasteiger partial charge in [-0.15, -0.1) is 0 Å². The quantitative estimate of drug-likeness (QED) is 0.569. The fourth-order valence-electron chi connectivity index (χ4n) is 2.29. The highest BCUT2D eigenvalue weighted by molar-refractivity contribution is 4.95. The Morgan fingerprint density at radius 2 is 1.93 bits per heavy atom. The molecule has 0 spiro atoms. The van der Waals surface area contributed by atoms with E-state index in [1.165, 1.54) is 25.7 Å². The van der Waals surface area contributed by atoms with Gasteiger partial charge in [-0.1, -0.05) is 27.2 Å². The molecule has 14 heavy (non-hydrogen) atoms. The van der Waals surface area contributed by atoms with Crippen molar-refractivity contribution in [2.75, 3.05) is 13.1 Å². The zero-order valence-corrected chi connectivity index (χ0v) is 9.85. The van der Waals surface area contributed by atoms with Crippen molar-refractivity contribution in [1.82, 2.24) is 4.90 Å². The molecule has 1 unspecified atom stereocenters. The summed E-state index contributed by atoms with van der Waals surface area (Å²) >= 11 is 0. The largest absolute Gasteiger partial charge is 0.274 e. The molecule has 0 radical (unpaired) electrons. The van der Waals surface area contributed by atoms with Gasteiger partial charge in [-0.25, -0.2) is 4.39 Å². The Kier molecular flexibility index (Phi) is 4.36. The van der Waals surface area contributed by atoms with Gasteiger partial charge >= 0.3 is 0 Å². The highest BCUT2D eigenvalue weighted by atomic mass is 19.1. The fraction of sp³-hybridized carbons (Fsp3) is 1.00. The lowest BCUT2D eigenvalue weighted by Gasteiger charge is -2.28. The van der Waals surface area contributed by atoms with Crippen LogP contribution < -0.4 is 0 Å². The van der Waals surface area contributed by atoms with Crippen LogP contribution in [0.15, 0.2) is 0 Å². The number of hydrogen-bond acceptors (Lipinski definition) is 1. The maximum atomic E-state index is 13.5. The first-order chi connectivity index (χ1) is 6.67. The summed E-state index contributed by atoms with van der Waals surface area (Å²) in [5.41, 5.74) is 0.490. The van der Waals surface area contributed by atoms with Crippen molar-refractivity contribution in [3.63, 3.8) is 0 Å². The third-order valence-electron chi connectivity index (χ3n) is 3.42. The lowest BCUT2D eigenvalue weighted by atomic mass is 10.00. The Hall–Kier alpha value is -0.110. The van der Waals surface area contributed by atoms with Crippen LogP contribution in [-0.4, -0.2) is 24.3 Å². The predicted molar refractivity (Wildman–Crippen MR) is 59.0 cm³/mol. The Balaban J connectivity index is 2.39. The third-order valence-corrected chi connectivity index (χ3v) is 3.42. The van der Waals surface area contributed by atoms with Crippen LogP contribution in [0.4, 0.5) is 4.39 Å². The predicted octanol–water partition coefficient (Wildman–Crippen LogP) is 3.59. The van der Waals surface area contributed by atoms with Gasteiger partial charge in [-0.3, -0.25) is 4.90 Å². The molecule has 1 fully saturated rings. The minimum Gasteiger partial charge on any atom is -0.274 e. The van der Waals surface area contributed by atoms with Gasteiger partial charge in [0.25, 0.3) is 0 Å². The first kappa shape index (κ1) is 12.0. The molecule has 0 amide bonds. The summed E-state index contributed by atoms with van der Waals surface area (Å²) < 4.78 is 13.5. The smallest absolute Gasteiger partial charge is 0.153 e. The van der Waals surface area contributed by atoms with Crippen molar-refractivity contribution in [2.24, 2.45) is 5.41 Å². The molecule has 0 saturated heterocycles. The summed E-state index contributed by atoms with van der Waals surface area (Å²) in [5, 5.41) is 0. The van der Waals surface area contributed by atoms with Crippen LogP contribution in [0.2, 0.25) is 0 Å². The van der Waals surface area contributed by atoms with Crippen LogP contribution in [0.1, 0.15) is 52.9 Å². The second kappa shape index (κ2) is 5.11. The normalized spacial score (nSPS) is 21.2. The Bertz CT molecular complexity index is 166. The van der Waals surface area contributed by atoms with Gasteiger partial charge in [0.15, 0.2) is 6.30 Å². The number of halogens is 1. The van der Waals surface area contributed by atoms with E-state index in [0.717, 1.165) is 13.1 Å². The maximum Gasteiger partial charge on any atom is 0.153 e. The van der Waals surface area contributed by atoms with Crippen molar-refractivity contribution in [3.05, 3.63) is 0 Å². The molecule has 0 N–H and O–H groups in total. The number of nitrogens with zero attached hydrogens (tertiary/aromatic N) is 1. The van der Waals surface area contributed by atoms with E-state index in [-0.39, 0.29) is 0 Å². The molecule has 2 heteroatoms. The SMILES string of the molecule is CCCC1(CN(CC)C(F)CC)CC1. The van der Waals surface area contributed by atoms with E-state index in [4.69, 9.17) is 0 Å². The molecule has 0 bridgehead atoms. The van der Waals surface area contributed by atoms with E-state index in [1.807, 2.05) is 11.8 Å². The van der Waals surface area contributed by atoms with Crippen molar-refractivity contribution >= 4 is 0 Å². The Morgan fingerprint density at radius 1 is 1.29 bits per heavy atom. The minimum atomic E-state index is -0.727. The van der Waals surface area contributed by atoms with Crippen LogP contribution in [0.5, 0.6) is 0 Å². The molecule has 0 heterocycles. The van der Waals surface area contributed by atoms with Crippen molar-refractivity contribution in [2.45, 2.75) is 59.2 Å². The van der Waals surface area contributed by atoms with Crippen LogP contribution in [0.3, 0.4) is 0 Å². The number of hydrogen-bond donors (Lipinski definition) is 0. The van der Waals surface area contributed by atoms with E-state index >= 15 is 0 Å². The highest BCUT2D eigenvalue weighted by Crippen LogP contribution is 2.50. The van der Waals surface area contributed by atoms with Crippen LogP contribution >= 0.6 is 0 Å². The summed E-state index contributed by atoms with van der Waals surface area (Å²) in [6.45, 7) is 8.03. The molecule has 1 rings (SSSR count). The van der Waals surface area contributed by atoms with Crippen molar-refractivity contribution in [3.8, 4) is 0 Å². The first-order valence-corrected chi connectivity index (χ1v) is 6.05. The average molecular weight is 201 g/mol. The van der Waals surface area contributed by atoms with Crippen molar-refractivity contribution < 1.29 is 4.39 Å². The first-order valence-electron chi connectivity index (χ1n) is 6.05. The molecule has 1 saturated carbocycles. The van der Waals surface area contributed by atoms with Gasteiger partial charge in [-0.2, -0.15) is 0 Å². The summed E-state index contributed by atoms with van der Waals surface area (Å²) in [6.07, 6.45) is 5.03. The van der Waals surface area contributed by atoms with Gasteiger partial charge < -0.3 is 0 Å². The van der Waals surface area contributed by atoms with Crippen LogP contribution in [-0.2, 0) is 0 Å². The summed E-state index contributed by atoms with van der Waals surface area (Å²) in [4.78, 5) is 2.00. The highest BCUT2D eigenvalue weighted by Gasteiger charge is 2.43. The topological polar surface area (TPSA) is 3.24 Å². The minimum absolute atomic E-state index is 0.490. The van der Waals surface area contributed by atoms with Gasteiger partial charge in [-0.05, 0) is 37.6 Å². The number of alkyl halides is 1. The van der Waals surface area contributed by atoms with E-state index in [1.54, 1.807) is 0 Å². The summed E-state index contributed by atoms with van der Waals surface area (Å²) in [5.74, 6) is 0. The summed E-state index contributed by atoms with van der Waals surface area (Å²) in [6, 6.07) is 0. The zero-order chi connectivity index (χ0) is 10.6. The second-order valence-electron chi connectivity index (χ2n) is 4.66. The molecule has 84 valence electrons. The van der Waals surface area contributed by atoms with E-state index in [2.05, 4.69) is 13.8 Å². The Morgan fingerprint density at radius 3 is 2.29 bits per heavy atom. The molecule has 1 nitrogen and oxygen atoms in total. The monoisotopic (exact) mass is 201 g/mol. The van der Waals surface area contributed by atoms with E-state index < -0.39 is 6.30 Å². The van der Waals surface area contributed by atoms with E-state index in [9.17, 15) is 4.39 Å². The molecular weight excluding hydrogens is 177 g/mol. The molecule has 0 aliphatic heterocycles. The standard InChI is InChI=1S/C12H24FN/c1-4-7-12(8-9-12)10-14(6-3)11(13)5-2/h11H,4-10H2,1-3H3. The van der Waals surface area contributed by atoms with Gasteiger partial charge in [0.05, 0.1) is 0 Å². The lowest BCUT2D eigenvalue weighted by Crippen LogP contribution is -2.36. The third kappa shape index (κ3) is 2.94. The molecule has 1 aliphatic rings. The Labute approximate surface area is 87.7 Å². The second-order valence-corrected chi connectivity index (χ2v) is 4.66. The van der Waals surface area contributed by atoms with E-state index in [0.29, 0.717) is 11.8 Å².